The van der Waals surface area contributed by atoms with E-state index in [1.54, 1.807) is 112 Å². The molecule has 0 radical (unpaired) electrons. The van der Waals surface area contributed by atoms with Crippen LogP contribution in [0.2, 0.25) is 0 Å². The Bertz CT molecular complexity index is 3290. The van der Waals surface area contributed by atoms with E-state index in [1.165, 1.54) is 0 Å². The van der Waals surface area contributed by atoms with Crippen LogP contribution in [0.1, 0.15) is 85.8 Å². The Hall–Kier alpha value is -10.8. The largest absolute Gasteiger partial charge is 0.480 e. The highest BCUT2D eigenvalue weighted by atomic mass is 16.6. The number of rotatable bonds is 22. The Kier molecular flexibility index (Phi) is 25.4. The maximum Gasteiger partial charge on any atom is 0.420 e. The van der Waals surface area contributed by atoms with Crippen LogP contribution in [0.25, 0.3) is 11.1 Å². The third-order valence-electron chi connectivity index (χ3n) is 12.9. The van der Waals surface area contributed by atoms with Crippen molar-refractivity contribution >= 4 is 60.4 Å². The fourth-order valence-electron chi connectivity index (χ4n) is 8.73. The molecule has 0 aliphatic heterocycles. The summed E-state index contributed by atoms with van der Waals surface area (Å²) in [6.45, 7) is 4.35. The van der Waals surface area contributed by atoms with Crippen molar-refractivity contribution in [2.45, 2.75) is 96.5 Å². The Morgan fingerprint density at radius 3 is 1.41 bits per heavy atom. The first-order valence-electron chi connectivity index (χ1n) is 27.9. The molecule has 6 aromatic carbocycles. The molecule has 24 heteroatoms. The van der Waals surface area contributed by atoms with E-state index >= 15 is 0 Å². The summed E-state index contributed by atoms with van der Waals surface area (Å²) in [5.41, 5.74) is 5.98. The summed E-state index contributed by atoms with van der Waals surface area (Å²) < 4.78 is 31.6. The minimum atomic E-state index is -1.64. The molecule has 462 valence electrons. The topological polar surface area (TPSA) is 335 Å². The van der Waals surface area contributed by atoms with Gasteiger partial charge in [0, 0.05) is 19.0 Å². The van der Waals surface area contributed by atoms with Gasteiger partial charge in [0.25, 0.3) is 0 Å². The number of nitrogens with one attached hydrogen (secondary N) is 6. The van der Waals surface area contributed by atoms with Gasteiger partial charge in [-0.3, -0.25) is 21.5 Å². The molecular weight excluding hydrogens is 1140 g/mol. The Morgan fingerprint density at radius 2 is 0.943 bits per heavy atom. The first-order valence-corrected chi connectivity index (χ1v) is 27.9. The summed E-state index contributed by atoms with van der Waals surface area (Å²) >= 11 is 0. The summed E-state index contributed by atoms with van der Waals surface area (Å²) in [6, 6.07) is 48.1. The summed E-state index contributed by atoms with van der Waals surface area (Å²) in [5.74, 6) is -4.03. The predicted molar refractivity (Wildman–Crippen MR) is 321 cm³/mol. The van der Waals surface area contributed by atoms with Gasteiger partial charge < -0.3 is 49.3 Å². The van der Waals surface area contributed by atoms with Crippen LogP contribution < -0.4 is 21.3 Å². The minimum Gasteiger partial charge on any atom is -0.480 e. The number of fused-ring (bicyclic) bond motifs is 3. The monoisotopic (exact) mass is 1210 g/mol. The van der Waals surface area contributed by atoms with Crippen molar-refractivity contribution in [3.8, 4) is 11.1 Å². The Labute approximate surface area is 508 Å². The van der Waals surface area contributed by atoms with Gasteiger partial charge in [-0.15, -0.1) is 0 Å². The second-order valence-electron chi connectivity index (χ2n) is 20.6. The van der Waals surface area contributed by atoms with Gasteiger partial charge in [-0.2, -0.15) is 4.90 Å². The number of hydrogen-bond acceptors (Lipinski definition) is 16. The highest BCUT2D eigenvalue weighted by Crippen LogP contribution is 2.44. The maximum absolute atomic E-state index is 13.6. The van der Waals surface area contributed by atoms with E-state index in [9.17, 15) is 48.6 Å². The van der Waals surface area contributed by atoms with E-state index in [0.29, 0.717) is 16.0 Å². The number of carbonyl (C=O) groups is 8. The number of nitrogens with zero attached hydrogens (tertiary/aromatic N) is 2. The van der Waals surface area contributed by atoms with Crippen molar-refractivity contribution in [2.24, 2.45) is 0 Å². The van der Waals surface area contributed by atoms with E-state index in [-0.39, 0.29) is 83.7 Å². The number of hydrogen-bond donors (Lipinski definition) is 8. The molecule has 1 aliphatic carbocycles. The van der Waals surface area contributed by atoms with Gasteiger partial charge in [0.1, 0.15) is 50.7 Å². The molecule has 88 heavy (non-hydrogen) atoms. The lowest BCUT2D eigenvalue weighted by atomic mass is 9.98. The smallest absolute Gasteiger partial charge is 0.420 e. The van der Waals surface area contributed by atoms with Crippen LogP contribution in [0.15, 0.2) is 170 Å². The second-order valence-corrected chi connectivity index (χ2v) is 20.6. The third-order valence-corrected chi connectivity index (χ3v) is 12.9. The molecule has 0 bridgehead atoms. The molecule has 0 saturated heterocycles. The molecule has 8 N–H and O–H groups in total. The molecule has 0 heterocycles. The molecule has 0 fully saturated rings. The number of amides is 6. The van der Waals surface area contributed by atoms with Gasteiger partial charge in [0.05, 0.1) is 0 Å². The zero-order valence-corrected chi connectivity index (χ0v) is 48.7. The fourth-order valence-corrected chi connectivity index (χ4v) is 8.73. The quantitative estimate of drug-likeness (QED) is 0.0135. The second kappa shape index (κ2) is 33.6. The highest BCUT2D eigenvalue weighted by Gasteiger charge is 2.39. The van der Waals surface area contributed by atoms with E-state index in [4.69, 9.17) is 39.2 Å². The number of guanidine groups is 2. The highest BCUT2D eigenvalue weighted by molar-refractivity contribution is 6.00. The van der Waals surface area contributed by atoms with Crippen LogP contribution >= 0.6 is 0 Å². The molecule has 6 amide bonds. The summed E-state index contributed by atoms with van der Waals surface area (Å²) in [6.07, 6.45) is -6.11. The summed E-state index contributed by atoms with van der Waals surface area (Å²) in [5, 5.41) is 45.3. The molecule has 0 unspecified atom stereocenters. The van der Waals surface area contributed by atoms with Crippen molar-refractivity contribution in [3.05, 3.63) is 203 Å². The zero-order valence-electron chi connectivity index (χ0n) is 48.7. The lowest BCUT2D eigenvalue weighted by Crippen LogP contribution is -2.49. The average molecular weight is 1210 g/mol. The lowest BCUT2D eigenvalue weighted by molar-refractivity contribution is -0.142. The van der Waals surface area contributed by atoms with Crippen LogP contribution in [-0.4, -0.2) is 118 Å². The third kappa shape index (κ3) is 21.7. The molecule has 2 atom stereocenters. The van der Waals surface area contributed by atoms with Crippen LogP contribution in [0.5, 0.6) is 0 Å². The zero-order chi connectivity index (χ0) is 63.4. The van der Waals surface area contributed by atoms with Crippen molar-refractivity contribution in [2.75, 3.05) is 19.7 Å². The SMILES string of the molecule is CC(C)(C)OC(=O)N[C@H](CCCN(C(=N)NC(=O)OCc1ccccc1)C(=O)OCc1ccccc1)C(=O)O.N=C(NCCC[C@H](C(=O)O)N(C(=O)OCc1ccccc1)C(=O)OCC1c2ccccc2-c2ccccc21)NC(=O)OCc1ccccc1. The normalized spacial score (nSPS) is 11.8. The van der Waals surface area contributed by atoms with Crippen molar-refractivity contribution in [3.63, 3.8) is 0 Å². The van der Waals surface area contributed by atoms with Crippen molar-refractivity contribution in [1.29, 1.82) is 10.8 Å². The molecule has 6 aromatic rings. The lowest BCUT2D eigenvalue weighted by Gasteiger charge is -2.27. The van der Waals surface area contributed by atoms with E-state index in [1.807, 2.05) is 78.9 Å². The number of benzene rings is 6. The molecule has 1 aliphatic rings. The Morgan fingerprint density at radius 1 is 0.511 bits per heavy atom. The molecule has 7 rings (SSSR count). The fraction of sp³-hybridized carbons (Fsp3) is 0.281. The van der Waals surface area contributed by atoms with Gasteiger partial charge in [-0.1, -0.05) is 170 Å². The number of carboxylic acids is 2. The maximum atomic E-state index is 13.6. The van der Waals surface area contributed by atoms with Crippen LogP contribution in [-0.2, 0) is 64.4 Å². The number of ether oxygens (including phenoxy) is 6. The van der Waals surface area contributed by atoms with Gasteiger partial charge in [0.15, 0.2) is 5.96 Å². The molecule has 0 saturated carbocycles. The number of imide groups is 1. The van der Waals surface area contributed by atoms with Crippen LogP contribution in [0, 0.1) is 10.8 Å². The van der Waals surface area contributed by atoms with E-state index in [0.717, 1.165) is 38.3 Å². The van der Waals surface area contributed by atoms with Crippen LogP contribution in [0.4, 0.5) is 28.8 Å². The minimum absolute atomic E-state index is 0.0202. The van der Waals surface area contributed by atoms with Crippen molar-refractivity contribution < 1.29 is 77.0 Å². The number of carboxylic acid groups (broad SMARTS) is 2. The molecule has 24 nitrogen and oxygen atoms in total. The van der Waals surface area contributed by atoms with E-state index in [2.05, 4.69) is 21.3 Å². The van der Waals surface area contributed by atoms with Gasteiger partial charge >= 0.3 is 48.5 Å². The standard InChI is InChI=1S/C37H36N4O8.C27H34N4O8/c38-34(40-35(44)47-22-25-12-3-1-4-13-25)39-21-11-20-32(33(42)43)41(36(45)48-23-26-14-5-2-6-15-26)37(46)49-24-31-29-18-9-7-16-27(29)28-17-8-10-19-30(28)31;1-27(2,3)39-25(35)29-21(22(32)33)15-10-16-31(26(36)38-18-20-13-8-5-9-14-20)23(28)30-24(34)37-17-19-11-6-4-7-12-19/h1-10,12-19,31-32H,11,20-24H2,(H,42,43)(H3,38,39,40,44);4-9,11-14,21H,10,15-18H2,1-3H3,(H,29,35)(H,32,33)(H2,28,30,34)/t32-;21-/m11/s1. The molecule has 0 spiro atoms. The first-order chi connectivity index (χ1) is 42.3. The molecule has 0 aromatic heterocycles. The van der Waals surface area contributed by atoms with Gasteiger partial charge in [0.2, 0.25) is 5.96 Å². The van der Waals surface area contributed by atoms with Crippen LogP contribution in [0.3, 0.4) is 0 Å². The summed E-state index contributed by atoms with van der Waals surface area (Å²) in [4.78, 5) is 102. The van der Waals surface area contributed by atoms with Gasteiger partial charge in [-0.25, -0.2) is 43.3 Å². The van der Waals surface area contributed by atoms with Crippen molar-refractivity contribution in [1.82, 2.24) is 31.1 Å². The number of aliphatic carboxylic acids is 2. The molecular formula is C64H70N8O16. The Balaban J connectivity index is 0.000000289. The van der Waals surface area contributed by atoms with E-state index < -0.39 is 72.1 Å². The average Bonchev–Trinajstić information content (AvgIpc) is 1.74. The summed E-state index contributed by atoms with van der Waals surface area (Å²) in [7, 11) is 0. The first kappa shape index (κ1) is 66.4. The number of alkyl carbamates (subject to hydrolysis) is 3. The van der Waals surface area contributed by atoms with Gasteiger partial charge in [-0.05, 0) is 91.0 Å². The number of carbonyl (C=O) groups excluding carboxylic acids is 6. The predicted octanol–water partition coefficient (Wildman–Crippen LogP) is 10.5.